The van der Waals surface area contributed by atoms with Crippen LogP contribution in [0.15, 0.2) is 36.4 Å². The van der Waals surface area contributed by atoms with Crippen LogP contribution in [0.2, 0.25) is 0 Å². The van der Waals surface area contributed by atoms with Crippen molar-refractivity contribution in [2.45, 2.75) is 76.6 Å². The minimum absolute atomic E-state index is 0.0567. The van der Waals surface area contributed by atoms with Crippen molar-refractivity contribution >= 4 is 17.8 Å². The second-order valence-corrected chi connectivity index (χ2v) is 10.4. The smallest absolute Gasteiger partial charge is 0.310 e. The molecule has 2 amide bonds. The maximum Gasteiger partial charge on any atom is 0.310 e. The molecule has 2 rings (SSSR count). The fourth-order valence-corrected chi connectivity index (χ4v) is 3.84. The number of allylic oxidation sites excluding steroid dienone is 1. The van der Waals surface area contributed by atoms with Crippen LogP contribution in [0.5, 0.6) is 5.75 Å². The molecular formula is C27H40N2O9. The first-order valence-corrected chi connectivity index (χ1v) is 12.5. The summed E-state index contributed by atoms with van der Waals surface area (Å²) < 4.78 is 15.7. The van der Waals surface area contributed by atoms with Crippen LogP contribution in [0.4, 0.5) is 0 Å². The van der Waals surface area contributed by atoms with E-state index in [1.165, 1.54) is 13.2 Å². The molecule has 5 N–H and O–H groups in total. The van der Waals surface area contributed by atoms with Gasteiger partial charge in [0.2, 0.25) is 5.91 Å². The second-order valence-electron chi connectivity index (χ2n) is 10.4. The summed E-state index contributed by atoms with van der Waals surface area (Å²) in [6.45, 7) is 5.78. The first-order chi connectivity index (χ1) is 17.8. The van der Waals surface area contributed by atoms with Crippen LogP contribution in [0.3, 0.4) is 0 Å². The Bertz CT molecular complexity index is 958. The Kier molecular flexibility index (Phi) is 11.7. The minimum Gasteiger partial charge on any atom is -0.497 e. The number of aliphatic hydroxyl groups is 3. The van der Waals surface area contributed by atoms with Crippen LogP contribution in [-0.2, 0) is 30.3 Å². The summed E-state index contributed by atoms with van der Waals surface area (Å²) in [5.74, 6) is -1.09. The van der Waals surface area contributed by atoms with E-state index in [2.05, 4.69) is 10.6 Å². The molecule has 11 heteroatoms. The SMILES string of the molecule is COc1ccc(CC(=O)O[C@@H]2CC[C@H](NC(=O)[C@H](OC)[C@H](O)[C@@H](O)[C@H](O)/C=C/C(C)(C)C)C(=O)NC2)cc1. The lowest BCUT2D eigenvalue weighted by Crippen LogP contribution is -2.55. The number of esters is 1. The van der Waals surface area contributed by atoms with E-state index in [4.69, 9.17) is 14.2 Å². The highest BCUT2D eigenvalue weighted by atomic mass is 16.5. The van der Waals surface area contributed by atoms with Crippen LogP contribution < -0.4 is 15.4 Å². The molecule has 0 aliphatic carbocycles. The van der Waals surface area contributed by atoms with Gasteiger partial charge in [-0.05, 0) is 36.0 Å². The van der Waals surface area contributed by atoms with Crippen molar-refractivity contribution in [3.63, 3.8) is 0 Å². The van der Waals surface area contributed by atoms with Gasteiger partial charge in [-0.15, -0.1) is 0 Å². The lowest BCUT2D eigenvalue weighted by Gasteiger charge is -2.28. The standard InChI is InChI=1S/C27H40N2O9/c1-27(2,3)13-12-20(30)22(32)23(33)24(37-5)26(35)29-19-11-10-18(15-28-25(19)34)38-21(31)14-16-6-8-17(36-4)9-7-16/h6-9,12-13,18-20,22-24,30,32-33H,10-11,14-15H2,1-5H3,(H,28,34)(H,29,35)/b13-12+/t18-,19+,20-,22+,23-,24-/m1/s1. The number of aliphatic hydroxyl groups excluding tert-OH is 3. The van der Waals surface area contributed by atoms with Gasteiger partial charge in [0.1, 0.15) is 36.2 Å². The van der Waals surface area contributed by atoms with Crippen LogP contribution in [0.25, 0.3) is 0 Å². The number of hydrogen-bond donors (Lipinski definition) is 5. The number of nitrogens with one attached hydrogen (secondary N) is 2. The fraction of sp³-hybridized carbons (Fsp3) is 0.593. The molecule has 1 saturated heterocycles. The van der Waals surface area contributed by atoms with Crippen LogP contribution in [0.1, 0.15) is 39.2 Å². The molecule has 11 nitrogen and oxygen atoms in total. The summed E-state index contributed by atoms with van der Waals surface area (Å²) in [6, 6.07) is 6.04. The van der Waals surface area contributed by atoms with Gasteiger partial charge in [-0.2, -0.15) is 0 Å². The van der Waals surface area contributed by atoms with Crippen LogP contribution in [0, 0.1) is 5.41 Å². The van der Waals surface area contributed by atoms with Crippen molar-refractivity contribution in [2.75, 3.05) is 20.8 Å². The fourth-order valence-electron chi connectivity index (χ4n) is 3.84. The predicted octanol–water partition coefficient (Wildman–Crippen LogP) is 0.244. The third kappa shape index (κ3) is 9.71. The van der Waals surface area contributed by atoms with Crippen LogP contribution in [-0.4, -0.2) is 90.4 Å². The number of carbonyl (C=O) groups excluding carboxylic acids is 3. The van der Waals surface area contributed by atoms with Crippen LogP contribution >= 0.6 is 0 Å². The first kappa shape index (κ1) is 31.2. The van der Waals surface area contributed by atoms with E-state index in [-0.39, 0.29) is 24.8 Å². The van der Waals surface area contributed by atoms with Gasteiger partial charge < -0.3 is 40.2 Å². The highest BCUT2D eigenvalue weighted by Crippen LogP contribution is 2.18. The molecule has 1 heterocycles. The molecule has 1 aliphatic heterocycles. The molecule has 1 fully saturated rings. The zero-order valence-corrected chi connectivity index (χ0v) is 22.5. The number of hydrogen-bond acceptors (Lipinski definition) is 9. The van der Waals surface area contributed by atoms with E-state index in [9.17, 15) is 29.7 Å². The van der Waals surface area contributed by atoms with Crippen molar-refractivity contribution in [3.05, 3.63) is 42.0 Å². The Morgan fingerprint density at radius 1 is 1.11 bits per heavy atom. The minimum atomic E-state index is -1.76. The van der Waals surface area contributed by atoms with Gasteiger partial charge in [-0.3, -0.25) is 14.4 Å². The van der Waals surface area contributed by atoms with E-state index in [0.717, 1.165) is 5.56 Å². The topological polar surface area (TPSA) is 164 Å². The van der Waals surface area contributed by atoms with Gasteiger partial charge in [0.15, 0.2) is 6.10 Å². The lowest BCUT2D eigenvalue weighted by molar-refractivity contribution is -0.151. The Morgan fingerprint density at radius 3 is 2.34 bits per heavy atom. The van der Waals surface area contributed by atoms with Crippen molar-refractivity contribution in [1.29, 1.82) is 0 Å². The maximum atomic E-state index is 12.8. The maximum absolute atomic E-state index is 12.8. The summed E-state index contributed by atoms with van der Waals surface area (Å²) in [6.07, 6.45) is -3.49. The average molecular weight is 537 g/mol. The molecule has 0 bridgehead atoms. The van der Waals surface area contributed by atoms with E-state index in [1.54, 1.807) is 37.5 Å². The Balaban J connectivity index is 1.92. The van der Waals surface area contributed by atoms with E-state index in [1.807, 2.05) is 20.8 Å². The van der Waals surface area contributed by atoms with Crippen molar-refractivity contribution in [3.8, 4) is 5.75 Å². The molecule has 0 radical (unpaired) electrons. The Hall–Kier alpha value is -2.99. The molecule has 0 spiro atoms. The summed E-state index contributed by atoms with van der Waals surface area (Å²) in [5, 5.41) is 36.2. The van der Waals surface area contributed by atoms with E-state index < -0.39 is 54.3 Å². The zero-order valence-electron chi connectivity index (χ0n) is 22.5. The number of ether oxygens (including phenoxy) is 3. The molecule has 212 valence electrons. The van der Waals surface area contributed by atoms with Crippen molar-refractivity contribution in [1.82, 2.24) is 10.6 Å². The monoisotopic (exact) mass is 536 g/mol. The molecule has 6 atom stereocenters. The van der Waals surface area contributed by atoms with Gasteiger partial charge in [-0.25, -0.2) is 0 Å². The average Bonchev–Trinajstić information content (AvgIpc) is 3.03. The second kappa shape index (κ2) is 14.2. The molecule has 0 unspecified atom stereocenters. The zero-order chi connectivity index (χ0) is 28.5. The summed E-state index contributed by atoms with van der Waals surface area (Å²) >= 11 is 0. The molecule has 1 aliphatic rings. The molecule has 0 saturated carbocycles. The summed E-state index contributed by atoms with van der Waals surface area (Å²) in [5.41, 5.74) is 0.488. The van der Waals surface area contributed by atoms with Gasteiger partial charge in [0.05, 0.1) is 20.1 Å². The number of benzene rings is 1. The normalized spacial score (nSPS) is 21.5. The van der Waals surface area contributed by atoms with Gasteiger partial charge in [0.25, 0.3) is 5.91 Å². The lowest BCUT2D eigenvalue weighted by atomic mass is 9.94. The number of rotatable bonds is 11. The Labute approximate surface area is 223 Å². The molecule has 1 aromatic rings. The van der Waals surface area contributed by atoms with Gasteiger partial charge in [-0.1, -0.05) is 45.1 Å². The number of amides is 2. The predicted molar refractivity (Wildman–Crippen MR) is 138 cm³/mol. The molecule has 38 heavy (non-hydrogen) atoms. The Morgan fingerprint density at radius 2 is 1.76 bits per heavy atom. The summed E-state index contributed by atoms with van der Waals surface area (Å²) in [7, 11) is 2.72. The van der Waals surface area contributed by atoms with Crippen molar-refractivity contribution < 1.29 is 43.9 Å². The molecule has 1 aromatic carbocycles. The quantitative estimate of drug-likeness (QED) is 0.197. The van der Waals surface area contributed by atoms with Crippen molar-refractivity contribution in [2.24, 2.45) is 5.41 Å². The van der Waals surface area contributed by atoms with Gasteiger partial charge >= 0.3 is 5.97 Å². The largest absolute Gasteiger partial charge is 0.497 e. The van der Waals surface area contributed by atoms with E-state index in [0.29, 0.717) is 12.2 Å². The van der Waals surface area contributed by atoms with Gasteiger partial charge in [0, 0.05) is 7.11 Å². The highest BCUT2D eigenvalue weighted by Gasteiger charge is 2.37. The molecular weight excluding hydrogens is 496 g/mol. The highest BCUT2D eigenvalue weighted by molar-refractivity contribution is 5.89. The number of methoxy groups -OCH3 is 2. The van der Waals surface area contributed by atoms with E-state index >= 15 is 0 Å². The summed E-state index contributed by atoms with van der Waals surface area (Å²) in [4.78, 5) is 37.7. The molecule has 0 aromatic heterocycles. The first-order valence-electron chi connectivity index (χ1n) is 12.5. The number of carbonyl (C=O) groups is 3. The third-order valence-corrected chi connectivity index (χ3v) is 6.04. The third-order valence-electron chi connectivity index (χ3n) is 6.04.